The highest BCUT2D eigenvalue weighted by atomic mass is 15.1. The molecule has 1 aromatic rings. The molecule has 0 spiro atoms. The summed E-state index contributed by atoms with van der Waals surface area (Å²) >= 11 is 0. The monoisotopic (exact) mass is 167 g/mol. The van der Waals surface area contributed by atoms with Gasteiger partial charge in [0.25, 0.3) is 0 Å². The van der Waals surface area contributed by atoms with Crippen molar-refractivity contribution in [3.05, 3.63) is 18.2 Å². The van der Waals surface area contributed by atoms with Gasteiger partial charge in [-0.1, -0.05) is 13.3 Å². The normalized spacial score (nSPS) is 13.2. The zero-order valence-corrected chi connectivity index (χ0v) is 7.83. The Morgan fingerprint density at radius 1 is 1.58 bits per heavy atom. The van der Waals surface area contributed by atoms with E-state index in [0.29, 0.717) is 0 Å². The van der Waals surface area contributed by atoms with E-state index in [2.05, 4.69) is 23.4 Å². The quantitative estimate of drug-likeness (QED) is 0.741. The van der Waals surface area contributed by atoms with Crippen molar-refractivity contribution >= 4 is 0 Å². The third kappa shape index (κ3) is 1.85. The molecular formula is C9H17N3. The van der Waals surface area contributed by atoms with E-state index in [-0.39, 0.29) is 6.04 Å². The summed E-state index contributed by atoms with van der Waals surface area (Å²) in [5, 5.41) is 0. The molecule has 0 aromatic carbocycles. The molecule has 0 saturated heterocycles. The van der Waals surface area contributed by atoms with Crippen LogP contribution in [0, 0.1) is 0 Å². The van der Waals surface area contributed by atoms with Crippen LogP contribution < -0.4 is 5.73 Å². The summed E-state index contributed by atoms with van der Waals surface area (Å²) in [5.41, 5.74) is 5.94. The lowest BCUT2D eigenvalue weighted by molar-refractivity contribution is 0.560. The Labute approximate surface area is 73.6 Å². The highest BCUT2D eigenvalue weighted by molar-refractivity contribution is 4.97. The molecule has 0 radical (unpaired) electrons. The van der Waals surface area contributed by atoms with Gasteiger partial charge >= 0.3 is 0 Å². The summed E-state index contributed by atoms with van der Waals surface area (Å²) in [4.78, 5) is 4.24. The number of aromatic nitrogens is 2. The lowest BCUT2D eigenvalue weighted by Gasteiger charge is -2.11. The van der Waals surface area contributed by atoms with E-state index < -0.39 is 0 Å². The molecule has 3 heteroatoms. The molecule has 1 unspecified atom stereocenters. The highest BCUT2D eigenvalue weighted by Crippen LogP contribution is 2.13. The molecule has 1 aromatic heterocycles. The number of hydrogen-bond donors (Lipinski definition) is 1. The van der Waals surface area contributed by atoms with Crippen LogP contribution in [0.4, 0.5) is 0 Å². The third-order valence-electron chi connectivity index (χ3n) is 2.02. The van der Waals surface area contributed by atoms with E-state index in [1.54, 1.807) is 0 Å². The number of rotatable bonds is 4. The van der Waals surface area contributed by atoms with Crippen LogP contribution >= 0.6 is 0 Å². The molecule has 0 aliphatic rings. The molecule has 3 nitrogen and oxygen atoms in total. The van der Waals surface area contributed by atoms with Crippen LogP contribution in [0.1, 0.15) is 38.6 Å². The zero-order chi connectivity index (χ0) is 8.97. The number of hydrogen-bond acceptors (Lipinski definition) is 2. The summed E-state index contributed by atoms with van der Waals surface area (Å²) in [6.45, 7) is 5.19. The van der Waals surface area contributed by atoms with E-state index in [9.17, 15) is 0 Å². The average Bonchev–Trinajstić information content (AvgIpc) is 2.51. The summed E-state index contributed by atoms with van der Waals surface area (Å²) in [6, 6.07) is 0.102. The first kappa shape index (κ1) is 9.26. The largest absolute Gasteiger partial charge is 0.334 e. The van der Waals surface area contributed by atoms with Gasteiger partial charge in [-0.15, -0.1) is 0 Å². The second-order valence-electron chi connectivity index (χ2n) is 2.97. The number of imidazole rings is 1. The molecule has 68 valence electrons. The maximum atomic E-state index is 5.94. The first-order chi connectivity index (χ1) is 5.79. The standard InChI is InChI=1S/C9H17N3/c1-3-5-8(10)9-11-6-7-12(9)4-2/h6-8H,3-5,10H2,1-2H3. The van der Waals surface area contributed by atoms with Crippen LogP contribution in [0.15, 0.2) is 12.4 Å². The van der Waals surface area contributed by atoms with Crippen LogP contribution in [0.2, 0.25) is 0 Å². The fourth-order valence-electron chi connectivity index (χ4n) is 1.36. The Morgan fingerprint density at radius 3 is 2.92 bits per heavy atom. The first-order valence-corrected chi connectivity index (χ1v) is 4.56. The SMILES string of the molecule is CCCC(N)c1nccn1CC. The second-order valence-corrected chi connectivity index (χ2v) is 2.97. The minimum atomic E-state index is 0.102. The second kappa shape index (κ2) is 4.26. The summed E-state index contributed by atoms with van der Waals surface area (Å²) in [7, 11) is 0. The van der Waals surface area contributed by atoms with E-state index >= 15 is 0 Å². The molecule has 0 aliphatic heterocycles. The fraction of sp³-hybridized carbons (Fsp3) is 0.667. The maximum Gasteiger partial charge on any atom is 0.125 e. The molecule has 0 saturated carbocycles. The Hall–Kier alpha value is -0.830. The van der Waals surface area contributed by atoms with Gasteiger partial charge in [-0.05, 0) is 13.3 Å². The zero-order valence-electron chi connectivity index (χ0n) is 7.83. The fourth-order valence-corrected chi connectivity index (χ4v) is 1.36. The van der Waals surface area contributed by atoms with Gasteiger partial charge in [-0.3, -0.25) is 0 Å². The van der Waals surface area contributed by atoms with Crippen LogP contribution in [0.25, 0.3) is 0 Å². The highest BCUT2D eigenvalue weighted by Gasteiger charge is 2.09. The summed E-state index contributed by atoms with van der Waals surface area (Å²) in [6.07, 6.45) is 5.91. The molecule has 0 amide bonds. The Morgan fingerprint density at radius 2 is 2.33 bits per heavy atom. The minimum absolute atomic E-state index is 0.102. The van der Waals surface area contributed by atoms with Gasteiger partial charge in [0.05, 0.1) is 6.04 Å². The van der Waals surface area contributed by atoms with Gasteiger partial charge in [0.1, 0.15) is 5.82 Å². The van der Waals surface area contributed by atoms with Crippen LogP contribution in [0.5, 0.6) is 0 Å². The van der Waals surface area contributed by atoms with Crippen molar-refractivity contribution in [2.45, 2.75) is 39.3 Å². The van der Waals surface area contributed by atoms with E-state index in [1.165, 1.54) is 0 Å². The lowest BCUT2D eigenvalue weighted by atomic mass is 10.2. The van der Waals surface area contributed by atoms with Crippen molar-refractivity contribution in [1.29, 1.82) is 0 Å². The van der Waals surface area contributed by atoms with Gasteiger partial charge in [-0.2, -0.15) is 0 Å². The van der Waals surface area contributed by atoms with Crippen molar-refractivity contribution in [3.8, 4) is 0 Å². The minimum Gasteiger partial charge on any atom is -0.334 e. The molecule has 1 rings (SSSR count). The molecule has 0 aliphatic carbocycles. The van der Waals surface area contributed by atoms with Crippen molar-refractivity contribution in [2.75, 3.05) is 0 Å². The van der Waals surface area contributed by atoms with Crippen LogP contribution in [0.3, 0.4) is 0 Å². The van der Waals surface area contributed by atoms with Crippen molar-refractivity contribution in [3.63, 3.8) is 0 Å². The van der Waals surface area contributed by atoms with Gasteiger partial charge in [0, 0.05) is 18.9 Å². The van der Waals surface area contributed by atoms with Gasteiger partial charge in [-0.25, -0.2) is 4.98 Å². The molecule has 0 bridgehead atoms. The number of aryl methyl sites for hydroxylation is 1. The maximum absolute atomic E-state index is 5.94. The predicted molar refractivity (Wildman–Crippen MR) is 49.7 cm³/mol. The van der Waals surface area contributed by atoms with Crippen molar-refractivity contribution < 1.29 is 0 Å². The molecule has 2 N–H and O–H groups in total. The Balaban J connectivity index is 2.71. The number of nitrogens with two attached hydrogens (primary N) is 1. The van der Waals surface area contributed by atoms with E-state index in [1.807, 2.05) is 12.4 Å². The lowest BCUT2D eigenvalue weighted by Crippen LogP contribution is -2.15. The van der Waals surface area contributed by atoms with Gasteiger partial charge in [0.15, 0.2) is 0 Å². The van der Waals surface area contributed by atoms with Crippen LogP contribution in [-0.2, 0) is 6.54 Å². The average molecular weight is 167 g/mol. The van der Waals surface area contributed by atoms with Gasteiger partial charge < -0.3 is 10.3 Å². The Bertz CT molecular complexity index is 229. The topological polar surface area (TPSA) is 43.8 Å². The number of nitrogens with zero attached hydrogens (tertiary/aromatic N) is 2. The van der Waals surface area contributed by atoms with E-state index in [4.69, 9.17) is 5.73 Å². The Kier molecular flexibility index (Phi) is 3.29. The van der Waals surface area contributed by atoms with Crippen molar-refractivity contribution in [1.82, 2.24) is 9.55 Å². The van der Waals surface area contributed by atoms with Crippen LogP contribution in [-0.4, -0.2) is 9.55 Å². The van der Waals surface area contributed by atoms with E-state index in [0.717, 1.165) is 25.2 Å². The predicted octanol–water partition coefficient (Wildman–Crippen LogP) is 1.70. The van der Waals surface area contributed by atoms with Gasteiger partial charge in [0.2, 0.25) is 0 Å². The molecule has 12 heavy (non-hydrogen) atoms. The molecule has 0 fully saturated rings. The summed E-state index contributed by atoms with van der Waals surface area (Å²) in [5.74, 6) is 1.01. The summed E-state index contributed by atoms with van der Waals surface area (Å²) < 4.78 is 2.10. The molecular weight excluding hydrogens is 150 g/mol. The first-order valence-electron chi connectivity index (χ1n) is 4.56. The molecule has 1 atom stereocenters. The molecule has 1 heterocycles. The smallest absolute Gasteiger partial charge is 0.125 e. The van der Waals surface area contributed by atoms with Crippen molar-refractivity contribution in [2.24, 2.45) is 5.73 Å². The third-order valence-corrected chi connectivity index (χ3v) is 2.02.